The van der Waals surface area contributed by atoms with E-state index < -0.39 is 10.0 Å². The number of aliphatic hydroxyl groups is 1. The fraction of sp³-hybridized carbons (Fsp3) is 0.429. The first-order valence-electron chi connectivity index (χ1n) is 6.35. The molecule has 1 saturated heterocycles. The minimum absolute atomic E-state index is 0.0209. The van der Waals surface area contributed by atoms with Crippen molar-refractivity contribution in [1.82, 2.24) is 4.31 Å². The maximum Gasteiger partial charge on any atom is 0.243 e. The average Bonchev–Trinajstić information content (AvgIpc) is 2.46. The van der Waals surface area contributed by atoms with Gasteiger partial charge in [0.15, 0.2) is 0 Å². The summed E-state index contributed by atoms with van der Waals surface area (Å²) in [5.74, 6) is 6.96. The fourth-order valence-corrected chi connectivity index (χ4v) is 4.91. The van der Waals surface area contributed by atoms with E-state index in [0.717, 1.165) is 11.5 Å². The van der Waals surface area contributed by atoms with Crippen LogP contribution in [0.5, 0.6) is 0 Å². The first-order chi connectivity index (χ1) is 9.55. The Bertz CT molecular complexity index is 614. The van der Waals surface area contributed by atoms with Gasteiger partial charge in [-0.25, -0.2) is 8.42 Å². The molecule has 1 atom stereocenters. The summed E-state index contributed by atoms with van der Waals surface area (Å²) < 4.78 is 26.7. The number of rotatable bonds is 2. The molecule has 0 saturated carbocycles. The lowest BCUT2D eigenvalue weighted by atomic mass is 10.2. The molecule has 108 valence electrons. The zero-order valence-corrected chi connectivity index (χ0v) is 12.9. The van der Waals surface area contributed by atoms with Crippen molar-refractivity contribution >= 4 is 21.8 Å². The normalized spacial score (nSPS) is 20.2. The molecule has 0 amide bonds. The van der Waals surface area contributed by atoms with E-state index in [1.165, 1.54) is 0 Å². The molecule has 0 bridgehead atoms. The lowest BCUT2D eigenvalue weighted by molar-refractivity contribution is 0.350. The van der Waals surface area contributed by atoms with E-state index in [1.807, 2.05) is 6.92 Å². The van der Waals surface area contributed by atoms with Crippen LogP contribution in [0.2, 0.25) is 0 Å². The Kier molecular flexibility index (Phi) is 5.11. The van der Waals surface area contributed by atoms with E-state index >= 15 is 0 Å². The van der Waals surface area contributed by atoms with Crippen LogP contribution in [-0.4, -0.2) is 48.5 Å². The highest BCUT2D eigenvalue weighted by Crippen LogP contribution is 2.24. The highest BCUT2D eigenvalue weighted by Gasteiger charge is 2.30. The molecule has 0 aromatic heterocycles. The number of hydrogen-bond acceptors (Lipinski definition) is 4. The van der Waals surface area contributed by atoms with Gasteiger partial charge in [0, 0.05) is 29.7 Å². The van der Waals surface area contributed by atoms with Crippen molar-refractivity contribution in [3.05, 3.63) is 29.8 Å². The van der Waals surface area contributed by atoms with Crippen LogP contribution in [0.25, 0.3) is 0 Å². The summed E-state index contributed by atoms with van der Waals surface area (Å²) in [4.78, 5) is 0.297. The van der Waals surface area contributed by atoms with Crippen molar-refractivity contribution in [1.29, 1.82) is 0 Å². The van der Waals surface area contributed by atoms with Crippen LogP contribution < -0.4 is 0 Å². The Morgan fingerprint density at radius 3 is 2.70 bits per heavy atom. The van der Waals surface area contributed by atoms with Gasteiger partial charge in [-0.1, -0.05) is 11.8 Å². The molecule has 4 nitrogen and oxygen atoms in total. The maximum absolute atomic E-state index is 12.6. The van der Waals surface area contributed by atoms with Crippen molar-refractivity contribution in [2.75, 3.05) is 24.7 Å². The van der Waals surface area contributed by atoms with Crippen molar-refractivity contribution in [3.8, 4) is 11.8 Å². The molecule has 1 fully saturated rings. The quantitative estimate of drug-likeness (QED) is 0.833. The van der Waals surface area contributed by atoms with Crippen molar-refractivity contribution in [2.24, 2.45) is 0 Å². The topological polar surface area (TPSA) is 57.6 Å². The Hall–Kier alpha value is -1.00. The molecule has 6 heteroatoms. The second-order valence-electron chi connectivity index (χ2n) is 4.52. The smallest absolute Gasteiger partial charge is 0.243 e. The summed E-state index contributed by atoms with van der Waals surface area (Å²) in [5, 5.41) is 8.63. The van der Waals surface area contributed by atoms with E-state index in [4.69, 9.17) is 5.11 Å². The minimum atomic E-state index is -3.43. The highest BCUT2D eigenvalue weighted by atomic mass is 32.2. The Labute approximate surface area is 124 Å². The van der Waals surface area contributed by atoms with E-state index in [-0.39, 0.29) is 12.6 Å². The zero-order valence-electron chi connectivity index (χ0n) is 11.2. The maximum atomic E-state index is 12.6. The van der Waals surface area contributed by atoms with Crippen LogP contribution in [0.4, 0.5) is 0 Å². The fourth-order valence-electron chi connectivity index (χ4n) is 2.06. The Morgan fingerprint density at radius 1 is 1.40 bits per heavy atom. The van der Waals surface area contributed by atoms with Gasteiger partial charge >= 0.3 is 0 Å². The number of benzene rings is 1. The standard InChI is InChI=1S/C14H17NO3S2/c1-12-11-19-10-8-15(12)20(17,18)14-6-4-13(5-7-14)3-2-9-16/h4-7,12,16H,8-11H2,1H3. The molecule has 0 aliphatic carbocycles. The van der Waals surface area contributed by atoms with Crippen LogP contribution in [0.15, 0.2) is 29.2 Å². The summed E-state index contributed by atoms with van der Waals surface area (Å²) in [6, 6.07) is 6.50. The summed E-state index contributed by atoms with van der Waals surface area (Å²) in [6.07, 6.45) is 0. The first kappa shape index (κ1) is 15.4. The molecule has 1 aliphatic heterocycles. The summed E-state index contributed by atoms with van der Waals surface area (Å²) >= 11 is 1.78. The van der Waals surface area contributed by atoms with E-state index in [9.17, 15) is 8.42 Å². The molecule has 0 radical (unpaired) electrons. The third-order valence-corrected chi connectivity index (χ3v) is 6.30. The predicted molar refractivity (Wildman–Crippen MR) is 81.1 cm³/mol. The van der Waals surface area contributed by atoms with Gasteiger partial charge in [-0.2, -0.15) is 16.1 Å². The number of nitrogens with zero attached hydrogens (tertiary/aromatic N) is 1. The van der Waals surface area contributed by atoms with Gasteiger partial charge in [0.05, 0.1) is 4.90 Å². The zero-order chi connectivity index (χ0) is 14.6. The third-order valence-electron chi connectivity index (χ3n) is 3.08. The van der Waals surface area contributed by atoms with Gasteiger partial charge in [0.2, 0.25) is 10.0 Å². The van der Waals surface area contributed by atoms with Crippen LogP contribution in [-0.2, 0) is 10.0 Å². The lowest BCUT2D eigenvalue weighted by Gasteiger charge is -2.31. The SMILES string of the molecule is CC1CSCCN1S(=O)(=O)c1ccc(C#CCO)cc1. The molecule has 0 spiro atoms. The minimum Gasteiger partial charge on any atom is -0.384 e. The Balaban J connectivity index is 2.25. The predicted octanol–water partition coefficient (Wildman–Crippen LogP) is 1.16. The van der Waals surface area contributed by atoms with E-state index in [0.29, 0.717) is 17.0 Å². The number of hydrogen-bond donors (Lipinski definition) is 1. The molecule has 1 N–H and O–H groups in total. The molecular weight excluding hydrogens is 294 g/mol. The molecular formula is C14H17NO3S2. The molecule has 1 unspecified atom stereocenters. The molecule has 1 aliphatic rings. The number of aliphatic hydroxyl groups excluding tert-OH is 1. The molecule has 1 heterocycles. The van der Waals surface area contributed by atoms with Gasteiger partial charge < -0.3 is 5.11 Å². The molecule has 1 aromatic rings. The van der Waals surface area contributed by atoms with Gasteiger partial charge in [0.25, 0.3) is 0 Å². The summed E-state index contributed by atoms with van der Waals surface area (Å²) in [5.41, 5.74) is 0.695. The van der Waals surface area contributed by atoms with Gasteiger partial charge in [-0.05, 0) is 31.2 Å². The van der Waals surface area contributed by atoms with Gasteiger partial charge in [-0.3, -0.25) is 0 Å². The van der Waals surface area contributed by atoms with Crippen LogP contribution in [0.1, 0.15) is 12.5 Å². The monoisotopic (exact) mass is 311 g/mol. The average molecular weight is 311 g/mol. The molecule has 20 heavy (non-hydrogen) atoms. The number of sulfonamides is 1. The van der Waals surface area contributed by atoms with Crippen molar-refractivity contribution in [2.45, 2.75) is 17.9 Å². The largest absolute Gasteiger partial charge is 0.384 e. The van der Waals surface area contributed by atoms with Crippen molar-refractivity contribution < 1.29 is 13.5 Å². The van der Waals surface area contributed by atoms with Crippen LogP contribution >= 0.6 is 11.8 Å². The van der Waals surface area contributed by atoms with Crippen LogP contribution in [0, 0.1) is 11.8 Å². The second kappa shape index (κ2) is 6.64. The molecule has 2 rings (SSSR count). The van der Waals surface area contributed by atoms with Gasteiger partial charge in [-0.15, -0.1) is 0 Å². The second-order valence-corrected chi connectivity index (χ2v) is 7.56. The third kappa shape index (κ3) is 3.36. The van der Waals surface area contributed by atoms with E-state index in [2.05, 4.69) is 11.8 Å². The lowest BCUT2D eigenvalue weighted by Crippen LogP contribution is -2.44. The van der Waals surface area contributed by atoms with Crippen molar-refractivity contribution in [3.63, 3.8) is 0 Å². The highest BCUT2D eigenvalue weighted by molar-refractivity contribution is 7.99. The Morgan fingerprint density at radius 2 is 2.10 bits per heavy atom. The number of thioether (sulfide) groups is 1. The van der Waals surface area contributed by atoms with Crippen LogP contribution in [0.3, 0.4) is 0 Å². The summed E-state index contributed by atoms with van der Waals surface area (Å²) in [6.45, 7) is 2.29. The molecule has 1 aromatic carbocycles. The van der Waals surface area contributed by atoms with Gasteiger partial charge in [0.1, 0.15) is 6.61 Å². The van der Waals surface area contributed by atoms with E-state index in [1.54, 1.807) is 40.3 Å². The first-order valence-corrected chi connectivity index (χ1v) is 8.94. The summed E-state index contributed by atoms with van der Waals surface area (Å²) in [7, 11) is -3.43.